The minimum atomic E-state index is -3.00. The average molecular weight is 308 g/mol. The number of hydrogen-bond donors (Lipinski definition) is 1. The van der Waals surface area contributed by atoms with Crippen molar-refractivity contribution in [1.82, 2.24) is 10.2 Å². The summed E-state index contributed by atoms with van der Waals surface area (Å²) in [5.74, 6) is 0.652. The van der Waals surface area contributed by atoms with Gasteiger partial charge in [-0.05, 0) is 31.2 Å². The van der Waals surface area contributed by atoms with Crippen LogP contribution in [0.5, 0.6) is 0 Å². The molecule has 0 radical (unpaired) electrons. The van der Waals surface area contributed by atoms with E-state index in [4.69, 9.17) is 0 Å². The van der Waals surface area contributed by atoms with Gasteiger partial charge in [0.2, 0.25) is 0 Å². The first-order valence-electron chi connectivity index (χ1n) is 7.27. The molecule has 1 unspecified atom stereocenters. The second-order valence-corrected chi connectivity index (χ2v) is 7.58. The van der Waals surface area contributed by atoms with Gasteiger partial charge in [-0.2, -0.15) is 10.4 Å². The Kier molecular flexibility index (Phi) is 4.78. The maximum atomic E-state index is 11.8. The molecule has 0 bridgehead atoms. The number of aryl methyl sites for hydroxylation is 1. The highest BCUT2D eigenvalue weighted by Crippen LogP contribution is 2.23. The molecular weight excluding hydrogens is 288 g/mol. The van der Waals surface area contributed by atoms with E-state index < -0.39 is 9.84 Å². The van der Waals surface area contributed by atoms with Crippen molar-refractivity contribution >= 4 is 15.7 Å². The molecule has 7 heteroatoms. The van der Waals surface area contributed by atoms with Crippen LogP contribution in [-0.2, 0) is 22.7 Å². The molecule has 6 nitrogen and oxygen atoms in total. The Morgan fingerprint density at radius 3 is 2.62 bits per heavy atom. The molecule has 2 rings (SSSR count). The SMILES string of the molecule is CCc1nnc(NCC2CCCS2(=O)=O)c(C#N)c1CC. The quantitative estimate of drug-likeness (QED) is 0.884. The van der Waals surface area contributed by atoms with Crippen LogP contribution in [0.15, 0.2) is 0 Å². The zero-order valence-corrected chi connectivity index (χ0v) is 13.2. The number of rotatable bonds is 5. The summed E-state index contributed by atoms with van der Waals surface area (Å²) < 4.78 is 23.6. The lowest BCUT2D eigenvalue weighted by atomic mass is 10.0. The maximum absolute atomic E-state index is 11.8. The predicted octanol–water partition coefficient (Wildman–Crippen LogP) is 1.46. The Balaban J connectivity index is 2.23. The third kappa shape index (κ3) is 3.16. The van der Waals surface area contributed by atoms with Crippen molar-refractivity contribution in [3.8, 4) is 6.07 Å². The van der Waals surface area contributed by atoms with Gasteiger partial charge in [0, 0.05) is 6.54 Å². The molecule has 1 aromatic heterocycles. The molecule has 1 atom stereocenters. The van der Waals surface area contributed by atoms with Gasteiger partial charge in [-0.1, -0.05) is 13.8 Å². The summed E-state index contributed by atoms with van der Waals surface area (Å²) in [4.78, 5) is 0. The van der Waals surface area contributed by atoms with Crippen molar-refractivity contribution in [1.29, 1.82) is 5.26 Å². The largest absolute Gasteiger partial charge is 0.366 e. The fourth-order valence-electron chi connectivity index (χ4n) is 2.71. The van der Waals surface area contributed by atoms with Gasteiger partial charge in [0.15, 0.2) is 15.7 Å². The van der Waals surface area contributed by atoms with Gasteiger partial charge in [-0.3, -0.25) is 0 Å². The van der Waals surface area contributed by atoms with Crippen molar-refractivity contribution in [2.24, 2.45) is 0 Å². The van der Waals surface area contributed by atoms with Gasteiger partial charge >= 0.3 is 0 Å². The molecule has 1 fully saturated rings. The normalized spacial score (nSPS) is 20.1. The topological polar surface area (TPSA) is 95.7 Å². The van der Waals surface area contributed by atoms with Crippen LogP contribution in [0, 0.1) is 11.3 Å². The molecule has 1 N–H and O–H groups in total. The van der Waals surface area contributed by atoms with E-state index in [9.17, 15) is 13.7 Å². The highest BCUT2D eigenvalue weighted by atomic mass is 32.2. The Bertz CT molecular complexity index is 664. The van der Waals surface area contributed by atoms with Gasteiger partial charge in [-0.15, -0.1) is 5.10 Å². The van der Waals surface area contributed by atoms with Crippen LogP contribution in [0.3, 0.4) is 0 Å². The number of nitrogens with one attached hydrogen (secondary N) is 1. The van der Waals surface area contributed by atoms with E-state index in [2.05, 4.69) is 21.6 Å². The van der Waals surface area contributed by atoms with E-state index in [0.29, 0.717) is 37.2 Å². The first-order chi connectivity index (χ1) is 10.0. The van der Waals surface area contributed by atoms with Gasteiger partial charge in [0.1, 0.15) is 11.6 Å². The van der Waals surface area contributed by atoms with Crippen LogP contribution in [0.1, 0.15) is 43.5 Å². The number of anilines is 1. The lowest BCUT2D eigenvalue weighted by Gasteiger charge is -2.14. The van der Waals surface area contributed by atoms with Crippen molar-refractivity contribution < 1.29 is 8.42 Å². The summed E-state index contributed by atoms with van der Waals surface area (Å²) in [5.41, 5.74) is 2.21. The minimum Gasteiger partial charge on any atom is -0.366 e. The van der Waals surface area contributed by atoms with Gasteiger partial charge in [-0.25, -0.2) is 8.42 Å². The predicted molar refractivity (Wildman–Crippen MR) is 80.8 cm³/mol. The number of nitrogens with zero attached hydrogens (tertiary/aromatic N) is 3. The van der Waals surface area contributed by atoms with Gasteiger partial charge in [0.05, 0.1) is 16.7 Å². The van der Waals surface area contributed by atoms with Crippen LogP contribution in [0.2, 0.25) is 0 Å². The monoisotopic (exact) mass is 308 g/mol. The molecular formula is C14H20N4O2S. The third-order valence-electron chi connectivity index (χ3n) is 3.92. The lowest BCUT2D eigenvalue weighted by Crippen LogP contribution is -2.26. The Hall–Kier alpha value is -1.68. The summed E-state index contributed by atoms with van der Waals surface area (Å²) in [6, 6.07) is 2.17. The summed E-state index contributed by atoms with van der Waals surface area (Å²) in [5, 5.41) is 20.2. The molecule has 0 amide bonds. The van der Waals surface area contributed by atoms with Crippen molar-refractivity contribution in [2.75, 3.05) is 17.6 Å². The standard InChI is InChI=1S/C14H20N4O2S/c1-3-11-12(8-15)14(18-17-13(11)4-2)16-9-10-6-5-7-21(10,19)20/h10H,3-7,9H2,1-2H3,(H,16,18). The molecule has 114 valence electrons. The number of sulfone groups is 1. The molecule has 2 heterocycles. The molecule has 21 heavy (non-hydrogen) atoms. The summed E-state index contributed by atoms with van der Waals surface area (Å²) in [7, 11) is -3.00. The Labute approximate surface area is 125 Å². The Morgan fingerprint density at radius 1 is 1.33 bits per heavy atom. The van der Waals surface area contributed by atoms with Gasteiger partial charge < -0.3 is 5.32 Å². The van der Waals surface area contributed by atoms with Crippen molar-refractivity contribution in [3.63, 3.8) is 0 Å². The van der Waals surface area contributed by atoms with Crippen LogP contribution < -0.4 is 5.32 Å². The van der Waals surface area contributed by atoms with Gasteiger partial charge in [0.25, 0.3) is 0 Å². The molecule has 1 aromatic rings. The maximum Gasteiger partial charge on any atom is 0.166 e. The summed E-state index contributed by atoms with van der Waals surface area (Å²) >= 11 is 0. The third-order valence-corrected chi connectivity index (χ3v) is 6.19. The zero-order chi connectivity index (χ0) is 15.5. The summed E-state index contributed by atoms with van der Waals surface area (Å²) in [6.07, 6.45) is 2.80. The first kappa shape index (κ1) is 15.7. The summed E-state index contributed by atoms with van der Waals surface area (Å²) in [6.45, 7) is 4.24. The fourth-order valence-corrected chi connectivity index (χ4v) is 4.48. The second kappa shape index (κ2) is 6.39. The zero-order valence-electron chi connectivity index (χ0n) is 12.4. The molecule has 0 aromatic carbocycles. The number of hydrogen-bond acceptors (Lipinski definition) is 6. The van der Waals surface area contributed by atoms with E-state index in [0.717, 1.165) is 17.7 Å². The van der Waals surface area contributed by atoms with Crippen LogP contribution in [-0.4, -0.2) is 36.2 Å². The van der Waals surface area contributed by atoms with E-state index in [1.54, 1.807) is 0 Å². The Morgan fingerprint density at radius 2 is 2.10 bits per heavy atom. The van der Waals surface area contributed by atoms with Crippen LogP contribution in [0.4, 0.5) is 5.82 Å². The fraction of sp³-hybridized carbons (Fsp3) is 0.643. The van der Waals surface area contributed by atoms with Crippen molar-refractivity contribution in [3.05, 3.63) is 16.8 Å². The lowest BCUT2D eigenvalue weighted by molar-refractivity contribution is 0.591. The second-order valence-electron chi connectivity index (χ2n) is 5.18. The van der Waals surface area contributed by atoms with E-state index in [1.807, 2.05) is 13.8 Å². The molecule has 1 aliphatic heterocycles. The number of aromatic nitrogens is 2. The molecule has 0 spiro atoms. The molecule has 0 saturated carbocycles. The number of nitriles is 1. The minimum absolute atomic E-state index is 0.255. The molecule has 0 aliphatic carbocycles. The van der Waals surface area contributed by atoms with E-state index >= 15 is 0 Å². The molecule has 1 saturated heterocycles. The van der Waals surface area contributed by atoms with E-state index in [-0.39, 0.29) is 11.0 Å². The van der Waals surface area contributed by atoms with Crippen LogP contribution >= 0.6 is 0 Å². The highest BCUT2D eigenvalue weighted by Gasteiger charge is 2.31. The first-order valence-corrected chi connectivity index (χ1v) is 8.99. The smallest absolute Gasteiger partial charge is 0.166 e. The average Bonchev–Trinajstić information content (AvgIpc) is 2.82. The van der Waals surface area contributed by atoms with E-state index in [1.165, 1.54) is 0 Å². The van der Waals surface area contributed by atoms with Crippen molar-refractivity contribution in [2.45, 2.75) is 44.8 Å². The highest BCUT2D eigenvalue weighted by molar-refractivity contribution is 7.92. The van der Waals surface area contributed by atoms with Crippen LogP contribution in [0.25, 0.3) is 0 Å². The molecule has 1 aliphatic rings.